The summed E-state index contributed by atoms with van der Waals surface area (Å²) in [5, 5.41) is 2.69. The van der Waals surface area contributed by atoms with Crippen molar-refractivity contribution in [3.63, 3.8) is 0 Å². The molecule has 0 bridgehead atoms. The van der Waals surface area contributed by atoms with E-state index in [2.05, 4.69) is 5.32 Å². The van der Waals surface area contributed by atoms with Crippen molar-refractivity contribution in [2.45, 2.75) is 12.5 Å². The highest BCUT2D eigenvalue weighted by atomic mass is 16.6. The smallest absolute Gasteiger partial charge is 0.325 e. The number of benzene rings is 2. The molecule has 4 rings (SSSR count). The molecule has 0 radical (unpaired) electrons. The molecule has 1 saturated heterocycles. The normalized spacial score (nSPS) is 21.1. The summed E-state index contributed by atoms with van der Waals surface area (Å²) in [5.74, 6) is 0.250. The van der Waals surface area contributed by atoms with Crippen molar-refractivity contribution in [1.82, 2.24) is 10.2 Å². The SMILES string of the molecule is C[C@@]1(c2ccccc2)NC(=O)N(CC(=O)c2ccc3c(c2)OCCO3)C1=O. The van der Waals surface area contributed by atoms with Gasteiger partial charge in [0.15, 0.2) is 17.3 Å². The lowest BCUT2D eigenvalue weighted by Gasteiger charge is -2.22. The number of nitrogens with one attached hydrogen (secondary N) is 1. The summed E-state index contributed by atoms with van der Waals surface area (Å²) in [6.07, 6.45) is 0. The number of ether oxygens (including phenoxy) is 2. The molecule has 2 heterocycles. The fourth-order valence-electron chi connectivity index (χ4n) is 3.26. The second-order valence-electron chi connectivity index (χ2n) is 6.59. The molecule has 2 aliphatic heterocycles. The van der Waals surface area contributed by atoms with Crippen LogP contribution in [0.3, 0.4) is 0 Å². The number of hydrogen-bond acceptors (Lipinski definition) is 5. The molecule has 1 N–H and O–H groups in total. The first kappa shape index (κ1) is 17.1. The Morgan fingerprint density at radius 3 is 2.52 bits per heavy atom. The molecular weight excluding hydrogens is 348 g/mol. The molecule has 0 aliphatic carbocycles. The van der Waals surface area contributed by atoms with E-state index in [0.717, 1.165) is 4.90 Å². The summed E-state index contributed by atoms with van der Waals surface area (Å²) in [6.45, 7) is 2.16. The van der Waals surface area contributed by atoms with E-state index in [1.807, 2.05) is 6.07 Å². The van der Waals surface area contributed by atoms with Crippen LogP contribution in [0.5, 0.6) is 11.5 Å². The van der Waals surface area contributed by atoms with Gasteiger partial charge in [-0.25, -0.2) is 4.79 Å². The number of Topliss-reactive ketones (excluding diaryl/α,β-unsaturated/α-hetero) is 1. The Balaban J connectivity index is 1.55. The van der Waals surface area contributed by atoms with Gasteiger partial charge in [0.25, 0.3) is 5.91 Å². The summed E-state index contributed by atoms with van der Waals surface area (Å²) in [6, 6.07) is 13.2. The molecule has 1 fully saturated rings. The topological polar surface area (TPSA) is 84.9 Å². The van der Waals surface area contributed by atoms with Crippen LogP contribution in [0.4, 0.5) is 4.79 Å². The van der Waals surface area contributed by atoms with Crippen molar-refractivity contribution >= 4 is 17.7 Å². The summed E-state index contributed by atoms with van der Waals surface area (Å²) < 4.78 is 10.9. The minimum absolute atomic E-state index is 0.341. The highest BCUT2D eigenvalue weighted by Crippen LogP contribution is 2.32. The molecule has 2 aromatic rings. The molecule has 1 atom stereocenters. The Morgan fingerprint density at radius 2 is 1.78 bits per heavy atom. The number of urea groups is 1. The van der Waals surface area contributed by atoms with E-state index < -0.39 is 17.5 Å². The van der Waals surface area contributed by atoms with Gasteiger partial charge in [0.2, 0.25) is 0 Å². The molecule has 2 aliphatic rings. The van der Waals surface area contributed by atoms with Crippen LogP contribution >= 0.6 is 0 Å². The summed E-state index contributed by atoms with van der Waals surface area (Å²) >= 11 is 0. The molecule has 7 nitrogen and oxygen atoms in total. The molecule has 0 spiro atoms. The number of carbonyl (C=O) groups excluding carboxylic acids is 3. The predicted molar refractivity (Wildman–Crippen MR) is 95.8 cm³/mol. The third kappa shape index (κ3) is 2.91. The minimum Gasteiger partial charge on any atom is -0.486 e. The zero-order valence-corrected chi connectivity index (χ0v) is 14.7. The Labute approximate surface area is 155 Å². The van der Waals surface area contributed by atoms with Crippen LogP contribution in [0, 0.1) is 0 Å². The summed E-state index contributed by atoms with van der Waals surface area (Å²) in [7, 11) is 0. The number of fused-ring (bicyclic) bond motifs is 1. The maximum Gasteiger partial charge on any atom is 0.325 e. The second kappa shape index (κ2) is 6.42. The molecule has 2 aromatic carbocycles. The number of carbonyl (C=O) groups is 3. The highest BCUT2D eigenvalue weighted by molar-refractivity contribution is 6.11. The number of rotatable bonds is 4. The fraction of sp³-hybridized carbons (Fsp3) is 0.250. The van der Waals surface area contributed by atoms with E-state index in [9.17, 15) is 14.4 Å². The van der Waals surface area contributed by atoms with Crippen molar-refractivity contribution in [1.29, 1.82) is 0 Å². The van der Waals surface area contributed by atoms with E-state index in [1.165, 1.54) is 0 Å². The van der Waals surface area contributed by atoms with Gasteiger partial charge in [-0.05, 0) is 30.7 Å². The van der Waals surface area contributed by atoms with Gasteiger partial charge in [-0.3, -0.25) is 14.5 Å². The van der Waals surface area contributed by atoms with Gasteiger partial charge >= 0.3 is 6.03 Å². The number of amides is 3. The zero-order valence-electron chi connectivity index (χ0n) is 14.7. The molecule has 138 valence electrons. The van der Waals surface area contributed by atoms with Crippen LogP contribution in [-0.4, -0.2) is 42.4 Å². The quantitative estimate of drug-likeness (QED) is 0.662. The second-order valence-corrected chi connectivity index (χ2v) is 6.59. The Morgan fingerprint density at radius 1 is 1.07 bits per heavy atom. The predicted octanol–water partition coefficient (Wildman–Crippen LogP) is 2.11. The van der Waals surface area contributed by atoms with E-state index in [-0.39, 0.29) is 12.3 Å². The van der Waals surface area contributed by atoms with E-state index in [0.29, 0.717) is 35.8 Å². The van der Waals surface area contributed by atoms with Crippen LogP contribution in [0.1, 0.15) is 22.8 Å². The molecule has 0 unspecified atom stereocenters. The average Bonchev–Trinajstić information content (AvgIpc) is 2.92. The van der Waals surface area contributed by atoms with Crippen molar-refractivity contribution in [2.24, 2.45) is 0 Å². The lowest BCUT2D eigenvalue weighted by molar-refractivity contribution is -0.130. The van der Waals surface area contributed by atoms with E-state index >= 15 is 0 Å². The maximum atomic E-state index is 12.9. The lowest BCUT2D eigenvalue weighted by Crippen LogP contribution is -2.41. The van der Waals surface area contributed by atoms with E-state index in [1.54, 1.807) is 49.4 Å². The van der Waals surface area contributed by atoms with Crippen molar-refractivity contribution < 1.29 is 23.9 Å². The number of imide groups is 1. The third-order valence-corrected chi connectivity index (χ3v) is 4.79. The third-order valence-electron chi connectivity index (χ3n) is 4.79. The zero-order chi connectivity index (χ0) is 19.0. The first-order valence-electron chi connectivity index (χ1n) is 8.61. The van der Waals surface area contributed by atoms with Crippen LogP contribution in [-0.2, 0) is 10.3 Å². The molecule has 7 heteroatoms. The lowest BCUT2D eigenvalue weighted by atomic mass is 9.92. The van der Waals surface area contributed by atoms with Crippen LogP contribution in [0.25, 0.3) is 0 Å². The van der Waals surface area contributed by atoms with Gasteiger partial charge in [-0.1, -0.05) is 30.3 Å². The van der Waals surface area contributed by atoms with E-state index in [4.69, 9.17) is 9.47 Å². The largest absolute Gasteiger partial charge is 0.486 e. The van der Waals surface area contributed by atoms with Gasteiger partial charge in [-0.2, -0.15) is 0 Å². The first-order chi connectivity index (χ1) is 13.0. The first-order valence-corrected chi connectivity index (χ1v) is 8.61. The number of ketones is 1. The molecule has 27 heavy (non-hydrogen) atoms. The Bertz CT molecular complexity index is 927. The van der Waals surface area contributed by atoms with Gasteiger partial charge in [0.1, 0.15) is 18.8 Å². The maximum absolute atomic E-state index is 12.9. The summed E-state index contributed by atoms with van der Waals surface area (Å²) in [4.78, 5) is 38.9. The monoisotopic (exact) mass is 366 g/mol. The molecule has 3 amide bonds. The molecular formula is C20H18N2O5. The van der Waals surface area contributed by atoms with Crippen LogP contribution in [0.15, 0.2) is 48.5 Å². The average molecular weight is 366 g/mol. The van der Waals surface area contributed by atoms with Gasteiger partial charge in [0.05, 0.1) is 6.54 Å². The Kier molecular flexibility index (Phi) is 4.07. The van der Waals surface area contributed by atoms with Crippen molar-refractivity contribution in [3.8, 4) is 11.5 Å². The van der Waals surface area contributed by atoms with Crippen molar-refractivity contribution in [2.75, 3.05) is 19.8 Å². The highest BCUT2D eigenvalue weighted by Gasteiger charge is 2.49. The van der Waals surface area contributed by atoms with Crippen LogP contribution < -0.4 is 14.8 Å². The number of hydrogen-bond donors (Lipinski definition) is 1. The Hall–Kier alpha value is -3.35. The molecule has 0 aromatic heterocycles. The van der Waals surface area contributed by atoms with Gasteiger partial charge in [-0.15, -0.1) is 0 Å². The minimum atomic E-state index is -1.19. The fourth-order valence-corrected chi connectivity index (χ4v) is 3.26. The standard InChI is InChI=1S/C20H18N2O5/c1-20(14-5-3-2-4-6-14)18(24)22(19(25)21-20)12-15(23)13-7-8-16-17(11-13)27-10-9-26-16/h2-8,11H,9-10,12H2,1H3,(H,21,25)/t20-/m0/s1. The molecule has 0 saturated carbocycles. The summed E-state index contributed by atoms with van der Waals surface area (Å²) in [5.41, 5.74) is -0.170. The van der Waals surface area contributed by atoms with Crippen molar-refractivity contribution in [3.05, 3.63) is 59.7 Å². The number of nitrogens with zero attached hydrogens (tertiary/aromatic N) is 1. The van der Waals surface area contributed by atoms with Gasteiger partial charge in [0, 0.05) is 5.56 Å². The van der Waals surface area contributed by atoms with Gasteiger partial charge < -0.3 is 14.8 Å². The van der Waals surface area contributed by atoms with Crippen LogP contribution in [0.2, 0.25) is 0 Å².